The summed E-state index contributed by atoms with van der Waals surface area (Å²) in [5.74, 6) is -0.365. The number of hydrogen-bond acceptors (Lipinski definition) is 7. The number of para-hydroxylation sites is 1. The zero-order valence-corrected chi connectivity index (χ0v) is 20.0. The molecule has 0 saturated carbocycles. The lowest BCUT2D eigenvalue weighted by atomic mass is 10.1. The number of aliphatic imine (C=N–C) groups is 1. The van der Waals surface area contributed by atoms with Gasteiger partial charge in [0.25, 0.3) is 0 Å². The summed E-state index contributed by atoms with van der Waals surface area (Å²) in [6.07, 6.45) is 1.60. The van der Waals surface area contributed by atoms with Gasteiger partial charge in [0.2, 0.25) is 0 Å². The third kappa shape index (κ3) is 4.95. The first-order chi connectivity index (χ1) is 16.5. The smallest absolute Gasteiger partial charge is 0.355 e. The molecule has 172 valence electrons. The number of nitrogens with zero attached hydrogens (tertiary/aromatic N) is 1. The van der Waals surface area contributed by atoms with Crippen molar-refractivity contribution in [1.82, 2.24) is 0 Å². The maximum atomic E-state index is 12.9. The zero-order valence-electron chi connectivity index (χ0n) is 18.4. The van der Waals surface area contributed by atoms with Crippen LogP contribution in [0.1, 0.15) is 32.5 Å². The van der Waals surface area contributed by atoms with E-state index < -0.39 is 11.9 Å². The normalized spacial score (nSPS) is 11.0. The van der Waals surface area contributed by atoms with Crippen molar-refractivity contribution >= 4 is 56.9 Å². The van der Waals surface area contributed by atoms with Crippen LogP contribution in [0.4, 0.5) is 5.69 Å². The van der Waals surface area contributed by atoms with E-state index in [0.29, 0.717) is 39.1 Å². The maximum Gasteiger partial charge on any atom is 0.355 e. The SMILES string of the molecule is CCOc1cc(C=Nc2ccccc2C(=O)OC)ccc1OC(=O)c1sc2ccccc2c1Cl. The summed E-state index contributed by atoms with van der Waals surface area (Å²) in [5.41, 5.74) is 1.53. The van der Waals surface area contributed by atoms with Crippen molar-refractivity contribution in [1.29, 1.82) is 0 Å². The summed E-state index contributed by atoms with van der Waals surface area (Å²) in [6, 6.07) is 19.5. The molecule has 0 amide bonds. The molecular weight excluding hydrogens is 474 g/mol. The highest BCUT2D eigenvalue weighted by Gasteiger charge is 2.20. The molecule has 0 spiro atoms. The van der Waals surface area contributed by atoms with E-state index in [9.17, 15) is 9.59 Å². The second-order valence-corrected chi connectivity index (χ2v) is 8.47. The molecule has 0 atom stereocenters. The molecule has 0 radical (unpaired) electrons. The molecule has 1 heterocycles. The molecule has 4 rings (SSSR count). The Bertz CT molecular complexity index is 1400. The van der Waals surface area contributed by atoms with E-state index in [4.69, 9.17) is 25.8 Å². The minimum atomic E-state index is -0.555. The summed E-state index contributed by atoms with van der Waals surface area (Å²) in [6.45, 7) is 2.21. The van der Waals surface area contributed by atoms with Gasteiger partial charge in [-0.3, -0.25) is 4.99 Å². The molecule has 1 aromatic heterocycles. The van der Waals surface area contributed by atoms with Crippen molar-refractivity contribution in [2.75, 3.05) is 13.7 Å². The Morgan fingerprint density at radius 3 is 2.53 bits per heavy atom. The van der Waals surface area contributed by atoms with Crippen LogP contribution in [0.2, 0.25) is 5.02 Å². The van der Waals surface area contributed by atoms with Crippen molar-refractivity contribution in [2.45, 2.75) is 6.92 Å². The van der Waals surface area contributed by atoms with Gasteiger partial charge in [0, 0.05) is 16.3 Å². The van der Waals surface area contributed by atoms with E-state index in [1.165, 1.54) is 18.4 Å². The first-order valence-corrected chi connectivity index (χ1v) is 11.6. The number of esters is 2. The van der Waals surface area contributed by atoms with Gasteiger partial charge in [-0.15, -0.1) is 11.3 Å². The van der Waals surface area contributed by atoms with Gasteiger partial charge < -0.3 is 14.2 Å². The highest BCUT2D eigenvalue weighted by Crippen LogP contribution is 2.37. The molecule has 0 bridgehead atoms. The number of carbonyl (C=O) groups excluding carboxylic acids is 2. The molecule has 0 fully saturated rings. The fourth-order valence-electron chi connectivity index (χ4n) is 3.26. The van der Waals surface area contributed by atoms with Crippen LogP contribution in [0.3, 0.4) is 0 Å². The summed E-state index contributed by atoms with van der Waals surface area (Å²) >= 11 is 7.70. The molecule has 8 heteroatoms. The largest absolute Gasteiger partial charge is 0.490 e. The fraction of sp³-hybridized carbons (Fsp3) is 0.115. The predicted molar refractivity (Wildman–Crippen MR) is 134 cm³/mol. The van der Waals surface area contributed by atoms with E-state index in [-0.39, 0.29) is 5.75 Å². The molecule has 0 aliphatic heterocycles. The third-order valence-corrected chi connectivity index (χ3v) is 6.51. The topological polar surface area (TPSA) is 74.2 Å². The van der Waals surface area contributed by atoms with E-state index in [1.54, 1.807) is 48.7 Å². The van der Waals surface area contributed by atoms with Crippen LogP contribution in [0, 0.1) is 0 Å². The summed E-state index contributed by atoms with van der Waals surface area (Å²) < 4.78 is 17.0. The van der Waals surface area contributed by atoms with Gasteiger partial charge in [-0.2, -0.15) is 0 Å². The van der Waals surface area contributed by atoms with Gasteiger partial charge in [-0.05, 0) is 48.9 Å². The lowest BCUT2D eigenvalue weighted by Gasteiger charge is -2.11. The average molecular weight is 494 g/mol. The van der Waals surface area contributed by atoms with Crippen molar-refractivity contribution in [2.24, 2.45) is 4.99 Å². The molecule has 0 saturated heterocycles. The number of thiophene rings is 1. The highest BCUT2D eigenvalue weighted by molar-refractivity contribution is 7.21. The molecule has 34 heavy (non-hydrogen) atoms. The minimum Gasteiger partial charge on any atom is -0.490 e. The second-order valence-electron chi connectivity index (χ2n) is 7.04. The van der Waals surface area contributed by atoms with Crippen LogP contribution in [0.25, 0.3) is 10.1 Å². The molecule has 3 aromatic carbocycles. The standard InChI is InChI=1S/C26H20ClNO5S/c1-3-32-21-14-16(15-28-19-10-6-4-8-17(19)25(29)31-2)12-13-20(21)33-26(30)24-23(27)18-9-5-7-11-22(18)34-24/h4-15H,3H2,1-2H3. The average Bonchev–Trinajstić information content (AvgIpc) is 3.20. The monoisotopic (exact) mass is 493 g/mol. The summed E-state index contributed by atoms with van der Waals surface area (Å²) in [4.78, 5) is 29.6. The van der Waals surface area contributed by atoms with Crippen molar-refractivity contribution in [3.05, 3.63) is 87.8 Å². The van der Waals surface area contributed by atoms with Crippen LogP contribution in [0.15, 0.2) is 71.7 Å². The van der Waals surface area contributed by atoms with Gasteiger partial charge in [0.05, 0.1) is 30.0 Å². The Hall–Kier alpha value is -3.68. The van der Waals surface area contributed by atoms with Gasteiger partial charge >= 0.3 is 11.9 Å². The number of rotatable bonds is 7. The second kappa shape index (κ2) is 10.5. The van der Waals surface area contributed by atoms with E-state index in [2.05, 4.69) is 4.99 Å². The molecule has 4 aromatic rings. The molecule has 0 unspecified atom stereocenters. The molecule has 0 aliphatic rings. The van der Waals surface area contributed by atoms with E-state index in [0.717, 1.165) is 10.1 Å². The number of benzene rings is 3. The van der Waals surface area contributed by atoms with Gasteiger partial charge in [0.1, 0.15) is 4.88 Å². The van der Waals surface area contributed by atoms with Crippen LogP contribution < -0.4 is 9.47 Å². The van der Waals surface area contributed by atoms with Crippen molar-refractivity contribution in [3.8, 4) is 11.5 Å². The Balaban J connectivity index is 1.59. The lowest BCUT2D eigenvalue weighted by molar-refractivity contribution is 0.0601. The lowest BCUT2D eigenvalue weighted by Crippen LogP contribution is -2.08. The summed E-state index contributed by atoms with van der Waals surface area (Å²) in [7, 11) is 1.32. The number of carbonyl (C=O) groups is 2. The number of halogens is 1. The molecule has 0 aliphatic carbocycles. The third-order valence-electron chi connectivity index (χ3n) is 4.85. The Morgan fingerprint density at radius 2 is 1.76 bits per heavy atom. The first kappa shape index (κ1) is 23.5. The van der Waals surface area contributed by atoms with E-state index >= 15 is 0 Å². The zero-order chi connectivity index (χ0) is 24.1. The van der Waals surface area contributed by atoms with E-state index in [1.807, 2.05) is 31.2 Å². The van der Waals surface area contributed by atoms with Gasteiger partial charge in [0.15, 0.2) is 11.5 Å². The van der Waals surface area contributed by atoms with Gasteiger partial charge in [-0.1, -0.05) is 41.9 Å². The molecular formula is C26H20ClNO5S. The first-order valence-electron chi connectivity index (χ1n) is 10.4. The number of ether oxygens (including phenoxy) is 3. The quantitative estimate of drug-likeness (QED) is 0.162. The van der Waals surface area contributed by atoms with Crippen LogP contribution in [-0.2, 0) is 4.74 Å². The Labute approximate surface area is 205 Å². The predicted octanol–water partition coefficient (Wildman–Crippen LogP) is 6.71. The molecule has 0 N–H and O–H groups in total. The van der Waals surface area contributed by atoms with Crippen molar-refractivity contribution in [3.63, 3.8) is 0 Å². The van der Waals surface area contributed by atoms with Crippen molar-refractivity contribution < 1.29 is 23.8 Å². The summed E-state index contributed by atoms with van der Waals surface area (Å²) in [5, 5.41) is 1.18. The maximum absolute atomic E-state index is 12.9. The molecule has 6 nitrogen and oxygen atoms in total. The Morgan fingerprint density at radius 1 is 1.00 bits per heavy atom. The Kier molecular flexibility index (Phi) is 7.25. The number of fused-ring (bicyclic) bond motifs is 1. The number of methoxy groups -OCH3 is 1. The fourth-order valence-corrected chi connectivity index (χ4v) is 4.65. The highest BCUT2D eigenvalue weighted by atomic mass is 35.5. The van der Waals surface area contributed by atoms with Crippen LogP contribution >= 0.6 is 22.9 Å². The minimum absolute atomic E-state index is 0.271. The van der Waals surface area contributed by atoms with Crippen LogP contribution in [0.5, 0.6) is 11.5 Å². The number of hydrogen-bond donors (Lipinski definition) is 0. The van der Waals surface area contributed by atoms with Crippen LogP contribution in [-0.4, -0.2) is 31.9 Å². The van der Waals surface area contributed by atoms with Gasteiger partial charge in [-0.25, -0.2) is 9.59 Å².